The van der Waals surface area contributed by atoms with Crippen LogP contribution in [0.1, 0.15) is 37.5 Å². The number of rotatable bonds is 10. The predicted molar refractivity (Wildman–Crippen MR) is 83.7 cm³/mol. The van der Waals surface area contributed by atoms with Gasteiger partial charge < -0.3 is 5.32 Å². The van der Waals surface area contributed by atoms with E-state index < -0.39 is 9.84 Å². The van der Waals surface area contributed by atoms with Crippen molar-refractivity contribution in [2.75, 3.05) is 18.6 Å². The van der Waals surface area contributed by atoms with Crippen LogP contribution in [0.25, 0.3) is 0 Å². The molecule has 0 radical (unpaired) electrons. The van der Waals surface area contributed by atoms with E-state index >= 15 is 0 Å². The molecule has 0 aliphatic rings. The minimum Gasteiger partial charge on any atom is -0.314 e. The van der Waals surface area contributed by atoms with Crippen molar-refractivity contribution >= 4 is 21.2 Å². The minimum absolute atomic E-state index is 0.305. The van der Waals surface area contributed by atoms with E-state index in [4.69, 9.17) is 0 Å². The summed E-state index contributed by atoms with van der Waals surface area (Å²) in [6.45, 7) is 3.05. The summed E-state index contributed by atoms with van der Waals surface area (Å²) in [7, 11) is -2.82. The number of thiophene rings is 1. The monoisotopic (exact) mass is 303 g/mol. The lowest BCUT2D eigenvalue weighted by Gasteiger charge is -2.17. The maximum Gasteiger partial charge on any atom is 0.147 e. The van der Waals surface area contributed by atoms with Crippen LogP contribution in [0.2, 0.25) is 0 Å². The van der Waals surface area contributed by atoms with Gasteiger partial charge in [0.2, 0.25) is 0 Å². The molecule has 1 aromatic heterocycles. The maximum absolute atomic E-state index is 11.1. The first kappa shape index (κ1) is 16.7. The quantitative estimate of drug-likeness (QED) is 0.723. The van der Waals surface area contributed by atoms with Gasteiger partial charge in [0.25, 0.3) is 0 Å². The molecule has 0 amide bonds. The van der Waals surface area contributed by atoms with Gasteiger partial charge in [-0.1, -0.05) is 13.0 Å². The van der Waals surface area contributed by atoms with Crippen molar-refractivity contribution in [2.45, 2.75) is 45.1 Å². The Morgan fingerprint density at radius 3 is 2.63 bits per heavy atom. The zero-order chi connectivity index (χ0) is 14.1. The zero-order valence-electron chi connectivity index (χ0n) is 11.9. The summed E-state index contributed by atoms with van der Waals surface area (Å²) in [5.74, 6) is 0.305. The van der Waals surface area contributed by atoms with Gasteiger partial charge in [0.1, 0.15) is 9.84 Å². The Bertz CT molecular complexity index is 426. The smallest absolute Gasteiger partial charge is 0.147 e. The lowest BCUT2D eigenvalue weighted by atomic mass is 10.0. The van der Waals surface area contributed by atoms with Crippen LogP contribution >= 0.6 is 11.3 Å². The van der Waals surface area contributed by atoms with Gasteiger partial charge in [0.15, 0.2) is 0 Å². The molecule has 0 saturated heterocycles. The standard InChI is InChI=1S/C14H25NO2S2/c1-3-15-13(8-6-12-19(2,16)17)7-4-9-14-10-5-11-18-14/h5,10-11,13,15H,3-4,6-9,12H2,1-2H3. The Hall–Kier alpha value is -0.390. The minimum atomic E-state index is -2.82. The van der Waals surface area contributed by atoms with E-state index in [9.17, 15) is 8.42 Å². The summed E-state index contributed by atoms with van der Waals surface area (Å²) < 4.78 is 22.2. The molecule has 0 aliphatic carbocycles. The second-order valence-corrected chi connectivity index (χ2v) is 8.29. The fraction of sp³-hybridized carbons (Fsp3) is 0.714. The first-order chi connectivity index (χ1) is 9.01. The van der Waals surface area contributed by atoms with E-state index in [1.165, 1.54) is 11.1 Å². The van der Waals surface area contributed by atoms with Gasteiger partial charge in [-0.2, -0.15) is 0 Å². The first-order valence-corrected chi connectivity index (χ1v) is 9.88. The summed E-state index contributed by atoms with van der Waals surface area (Å²) in [5, 5.41) is 5.57. The van der Waals surface area contributed by atoms with Gasteiger partial charge in [-0.25, -0.2) is 8.42 Å². The van der Waals surface area contributed by atoms with Gasteiger partial charge in [-0.3, -0.25) is 0 Å². The lowest BCUT2D eigenvalue weighted by Crippen LogP contribution is -2.29. The second kappa shape index (κ2) is 8.72. The molecule has 1 N–H and O–H groups in total. The van der Waals surface area contributed by atoms with Crippen LogP contribution in [0.5, 0.6) is 0 Å². The third-order valence-corrected chi connectivity index (χ3v) is 5.08. The number of sulfone groups is 1. The van der Waals surface area contributed by atoms with Gasteiger partial charge in [0.05, 0.1) is 0 Å². The average Bonchev–Trinajstić information content (AvgIpc) is 2.80. The number of hydrogen-bond donors (Lipinski definition) is 1. The molecule has 19 heavy (non-hydrogen) atoms. The molecule has 1 aromatic rings. The SMILES string of the molecule is CCNC(CCCc1cccs1)CCCS(C)(=O)=O. The number of nitrogens with one attached hydrogen (secondary N) is 1. The van der Waals surface area contributed by atoms with Crippen molar-refractivity contribution < 1.29 is 8.42 Å². The van der Waals surface area contributed by atoms with E-state index in [1.807, 2.05) is 11.3 Å². The highest BCUT2D eigenvalue weighted by atomic mass is 32.2. The molecule has 0 spiro atoms. The van der Waals surface area contributed by atoms with Gasteiger partial charge in [0, 0.05) is 22.9 Å². The highest BCUT2D eigenvalue weighted by Crippen LogP contribution is 2.14. The topological polar surface area (TPSA) is 46.2 Å². The third-order valence-electron chi connectivity index (χ3n) is 3.12. The predicted octanol–water partition coefficient (Wildman–Crippen LogP) is 2.87. The van der Waals surface area contributed by atoms with E-state index in [0.29, 0.717) is 11.8 Å². The molecule has 0 aliphatic heterocycles. The van der Waals surface area contributed by atoms with Crippen LogP contribution in [0, 0.1) is 0 Å². The summed E-state index contributed by atoms with van der Waals surface area (Å²) in [6.07, 6.45) is 6.44. The summed E-state index contributed by atoms with van der Waals surface area (Å²) in [6, 6.07) is 4.72. The molecule has 0 saturated carbocycles. The summed E-state index contributed by atoms with van der Waals surface area (Å²) in [4.78, 5) is 1.44. The molecule has 3 nitrogen and oxygen atoms in total. The van der Waals surface area contributed by atoms with E-state index in [-0.39, 0.29) is 0 Å². The molecule has 1 atom stereocenters. The van der Waals surface area contributed by atoms with Crippen LogP contribution in [0.4, 0.5) is 0 Å². The van der Waals surface area contributed by atoms with Gasteiger partial charge >= 0.3 is 0 Å². The molecule has 1 heterocycles. The number of hydrogen-bond acceptors (Lipinski definition) is 4. The summed E-state index contributed by atoms with van der Waals surface area (Å²) in [5.41, 5.74) is 0. The van der Waals surface area contributed by atoms with E-state index in [2.05, 4.69) is 29.8 Å². The molecule has 0 aromatic carbocycles. The molecule has 1 unspecified atom stereocenters. The fourth-order valence-corrected chi connectivity index (χ4v) is 3.65. The van der Waals surface area contributed by atoms with Crippen molar-refractivity contribution in [2.24, 2.45) is 0 Å². The fourth-order valence-electron chi connectivity index (χ4n) is 2.21. The lowest BCUT2D eigenvalue weighted by molar-refractivity contribution is 0.448. The van der Waals surface area contributed by atoms with Crippen LogP contribution in [-0.2, 0) is 16.3 Å². The molecule has 110 valence electrons. The second-order valence-electron chi connectivity index (χ2n) is 5.00. The van der Waals surface area contributed by atoms with Crippen molar-refractivity contribution in [3.63, 3.8) is 0 Å². The number of aryl methyl sites for hydroxylation is 1. The molecule has 5 heteroatoms. The van der Waals surface area contributed by atoms with Crippen LogP contribution in [0.15, 0.2) is 17.5 Å². The van der Waals surface area contributed by atoms with Crippen LogP contribution < -0.4 is 5.32 Å². The molecule has 0 bridgehead atoms. The highest BCUT2D eigenvalue weighted by Gasteiger charge is 2.09. The third kappa shape index (κ3) is 8.39. The Kier molecular flexibility index (Phi) is 7.64. The van der Waals surface area contributed by atoms with Crippen LogP contribution in [0.3, 0.4) is 0 Å². The summed E-state index contributed by atoms with van der Waals surface area (Å²) >= 11 is 1.81. The highest BCUT2D eigenvalue weighted by molar-refractivity contribution is 7.90. The maximum atomic E-state index is 11.1. The largest absolute Gasteiger partial charge is 0.314 e. The van der Waals surface area contributed by atoms with Gasteiger partial charge in [-0.05, 0) is 50.1 Å². The average molecular weight is 303 g/mol. The van der Waals surface area contributed by atoms with E-state index in [0.717, 1.165) is 38.6 Å². The normalized spacial score (nSPS) is 13.6. The van der Waals surface area contributed by atoms with E-state index in [1.54, 1.807) is 0 Å². The Balaban J connectivity index is 2.23. The Morgan fingerprint density at radius 2 is 2.05 bits per heavy atom. The molecular weight excluding hydrogens is 278 g/mol. The molecule has 1 rings (SSSR count). The van der Waals surface area contributed by atoms with Crippen molar-refractivity contribution in [1.82, 2.24) is 5.32 Å². The van der Waals surface area contributed by atoms with Crippen molar-refractivity contribution in [3.05, 3.63) is 22.4 Å². The zero-order valence-corrected chi connectivity index (χ0v) is 13.5. The van der Waals surface area contributed by atoms with Gasteiger partial charge in [-0.15, -0.1) is 11.3 Å². The molecular formula is C14H25NO2S2. The first-order valence-electron chi connectivity index (χ1n) is 6.94. The Labute approximate surface area is 121 Å². The molecule has 0 fully saturated rings. The van der Waals surface area contributed by atoms with Crippen molar-refractivity contribution in [3.8, 4) is 0 Å². The Morgan fingerprint density at radius 1 is 1.32 bits per heavy atom. The van der Waals surface area contributed by atoms with Crippen LogP contribution in [-0.4, -0.2) is 33.0 Å². The van der Waals surface area contributed by atoms with Crippen molar-refractivity contribution in [1.29, 1.82) is 0 Å².